The Balaban J connectivity index is 1.24. The van der Waals surface area contributed by atoms with Crippen molar-refractivity contribution >= 4 is 46.0 Å². The Morgan fingerprint density at radius 2 is 1.68 bits per heavy atom. The van der Waals surface area contributed by atoms with Gasteiger partial charge in [0.15, 0.2) is 5.65 Å². The Bertz CT molecular complexity index is 1510. The van der Waals surface area contributed by atoms with Gasteiger partial charge in [0, 0.05) is 49.3 Å². The number of benzene rings is 2. The fraction of sp³-hybridized carbons (Fsp3) is 0.355. The van der Waals surface area contributed by atoms with Crippen LogP contribution in [0.4, 0.5) is 29.0 Å². The molecule has 2 aliphatic heterocycles. The van der Waals surface area contributed by atoms with Gasteiger partial charge in [0.2, 0.25) is 17.8 Å². The predicted molar refractivity (Wildman–Crippen MR) is 164 cm³/mol. The molecule has 6 rings (SSSR count). The lowest BCUT2D eigenvalue weighted by Crippen LogP contribution is -2.41. The SMILES string of the molecule is C=CC(=O)N1CC[C@H](n2c(Nc3ccccc3)nc3cnc(Nc4ccc(N5CCC(N(C)C)CC5)cc4)nc32)C1. The molecule has 10 nitrogen and oxygen atoms in total. The van der Waals surface area contributed by atoms with Crippen molar-refractivity contribution in [2.45, 2.75) is 31.3 Å². The molecule has 0 radical (unpaired) electrons. The highest BCUT2D eigenvalue weighted by molar-refractivity contribution is 5.87. The van der Waals surface area contributed by atoms with Gasteiger partial charge in [0.1, 0.15) is 5.52 Å². The third kappa shape index (κ3) is 5.74. The molecule has 4 aromatic rings. The highest BCUT2D eigenvalue weighted by atomic mass is 16.2. The molecule has 2 aromatic heterocycles. The van der Waals surface area contributed by atoms with Crippen LogP contribution in [0.25, 0.3) is 11.2 Å². The van der Waals surface area contributed by atoms with Crippen LogP contribution in [-0.2, 0) is 4.79 Å². The van der Waals surface area contributed by atoms with Crippen LogP contribution in [0.2, 0.25) is 0 Å². The van der Waals surface area contributed by atoms with E-state index in [1.54, 1.807) is 6.20 Å². The molecule has 0 unspecified atom stereocenters. The van der Waals surface area contributed by atoms with E-state index in [0.29, 0.717) is 36.5 Å². The summed E-state index contributed by atoms with van der Waals surface area (Å²) in [6.07, 6.45) is 6.28. The van der Waals surface area contributed by atoms with E-state index in [0.717, 1.165) is 36.5 Å². The van der Waals surface area contributed by atoms with Crippen LogP contribution in [0, 0.1) is 0 Å². The van der Waals surface area contributed by atoms with Crippen LogP contribution >= 0.6 is 0 Å². The van der Waals surface area contributed by atoms with Crippen molar-refractivity contribution in [1.82, 2.24) is 29.3 Å². The maximum absolute atomic E-state index is 12.3. The molecule has 1 atom stereocenters. The third-order valence-corrected chi connectivity index (χ3v) is 8.16. The molecule has 1 amide bonds. The average Bonchev–Trinajstić information content (AvgIpc) is 3.62. The molecule has 4 heterocycles. The predicted octanol–water partition coefficient (Wildman–Crippen LogP) is 4.80. The molecule has 0 bridgehead atoms. The molecular formula is C31H37N9O. The zero-order valence-electron chi connectivity index (χ0n) is 23.7. The molecule has 10 heteroatoms. The molecule has 0 aliphatic carbocycles. The topological polar surface area (TPSA) is 94.4 Å². The number of nitrogens with zero attached hydrogens (tertiary/aromatic N) is 7. The minimum Gasteiger partial charge on any atom is -0.371 e. The van der Waals surface area contributed by atoms with Crippen LogP contribution in [0.15, 0.2) is 73.4 Å². The summed E-state index contributed by atoms with van der Waals surface area (Å²) in [5.41, 5.74) is 4.50. The van der Waals surface area contributed by atoms with Crippen LogP contribution in [0.3, 0.4) is 0 Å². The Morgan fingerprint density at radius 3 is 2.39 bits per heavy atom. The number of likely N-dealkylation sites (tertiary alicyclic amines) is 1. The number of amides is 1. The summed E-state index contributed by atoms with van der Waals surface area (Å²) in [5, 5.41) is 6.82. The van der Waals surface area contributed by atoms with Crippen molar-refractivity contribution < 1.29 is 4.79 Å². The Kier molecular flexibility index (Phi) is 7.56. The Hall–Kier alpha value is -4.44. The summed E-state index contributed by atoms with van der Waals surface area (Å²) in [6.45, 7) is 7.01. The number of hydrogen-bond acceptors (Lipinski definition) is 8. The Morgan fingerprint density at radius 1 is 0.951 bits per heavy atom. The number of nitrogens with one attached hydrogen (secondary N) is 2. The van der Waals surface area contributed by atoms with E-state index in [1.807, 2.05) is 35.2 Å². The molecule has 0 spiro atoms. The zero-order chi connectivity index (χ0) is 28.3. The van der Waals surface area contributed by atoms with Gasteiger partial charge in [-0.05, 0) is 75.8 Å². The molecule has 2 aromatic carbocycles. The van der Waals surface area contributed by atoms with Crippen molar-refractivity contribution in [3.8, 4) is 0 Å². The maximum atomic E-state index is 12.3. The van der Waals surface area contributed by atoms with Crippen LogP contribution < -0.4 is 15.5 Å². The van der Waals surface area contributed by atoms with Crippen molar-refractivity contribution in [2.24, 2.45) is 0 Å². The number of aromatic nitrogens is 4. The number of anilines is 5. The van der Waals surface area contributed by atoms with Gasteiger partial charge in [-0.15, -0.1) is 0 Å². The monoisotopic (exact) mass is 551 g/mol. The first kappa shape index (κ1) is 26.8. The van der Waals surface area contributed by atoms with Crippen molar-refractivity contribution in [3.63, 3.8) is 0 Å². The summed E-state index contributed by atoms with van der Waals surface area (Å²) < 4.78 is 2.10. The minimum absolute atomic E-state index is 0.0220. The van der Waals surface area contributed by atoms with E-state index >= 15 is 0 Å². The zero-order valence-corrected chi connectivity index (χ0v) is 23.7. The van der Waals surface area contributed by atoms with E-state index in [-0.39, 0.29) is 11.9 Å². The van der Waals surface area contributed by atoms with Gasteiger partial charge < -0.3 is 25.3 Å². The van der Waals surface area contributed by atoms with E-state index < -0.39 is 0 Å². The van der Waals surface area contributed by atoms with E-state index in [1.165, 1.54) is 24.6 Å². The van der Waals surface area contributed by atoms with Crippen molar-refractivity contribution in [2.75, 3.05) is 55.8 Å². The Labute approximate surface area is 240 Å². The van der Waals surface area contributed by atoms with Crippen LogP contribution in [0.5, 0.6) is 0 Å². The van der Waals surface area contributed by atoms with Crippen LogP contribution in [0.1, 0.15) is 25.3 Å². The lowest BCUT2D eigenvalue weighted by atomic mass is 10.0. The minimum atomic E-state index is -0.0583. The number of carbonyl (C=O) groups excluding carboxylic acids is 1. The third-order valence-electron chi connectivity index (χ3n) is 8.16. The number of fused-ring (bicyclic) bond motifs is 1. The second-order valence-corrected chi connectivity index (χ2v) is 11.0. The summed E-state index contributed by atoms with van der Waals surface area (Å²) in [5.74, 6) is 1.12. The standard InChI is InChI=1S/C31H37N9O/c1-4-28(41)39-19-16-26(21-39)40-29-27(35-31(40)34-22-8-6-5-7-9-22)20-32-30(36-29)33-23-10-12-25(13-11-23)38-17-14-24(15-18-38)37(2)3/h4-13,20,24,26H,1,14-19,21H2,2-3H3,(H,34,35)(H,32,33,36)/t26-/m0/s1. The number of hydrogen-bond donors (Lipinski definition) is 2. The fourth-order valence-electron chi connectivity index (χ4n) is 5.84. The van der Waals surface area contributed by atoms with E-state index in [9.17, 15) is 4.79 Å². The first-order valence-corrected chi connectivity index (χ1v) is 14.3. The van der Waals surface area contributed by atoms with E-state index in [4.69, 9.17) is 9.97 Å². The smallest absolute Gasteiger partial charge is 0.246 e. The van der Waals surface area contributed by atoms with Gasteiger partial charge in [-0.2, -0.15) is 4.98 Å². The van der Waals surface area contributed by atoms with Gasteiger partial charge in [-0.25, -0.2) is 9.97 Å². The van der Waals surface area contributed by atoms with Gasteiger partial charge in [0.25, 0.3) is 0 Å². The van der Waals surface area contributed by atoms with Crippen molar-refractivity contribution in [3.05, 3.63) is 73.4 Å². The molecule has 41 heavy (non-hydrogen) atoms. The molecule has 2 aliphatic rings. The first-order valence-electron chi connectivity index (χ1n) is 14.3. The second-order valence-electron chi connectivity index (χ2n) is 11.0. The van der Waals surface area contributed by atoms with Gasteiger partial charge >= 0.3 is 0 Å². The molecule has 212 valence electrons. The van der Waals surface area contributed by atoms with Gasteiger partial charge in [0.05, 0.1) is 12.2 Å². The molecule has 2 N–H and O–H groups in total. The lowest BCUT2D eigenvalue weighted by molar-refractivity contribution is -0.125. The second kappa shape index (κ2) is 11.6. The lowest BCUT2D eigenvalue weighted by Gasteiger charge is -2.36. The van der Waals surface area contributed by atoms with Crippen molar-refractivity contribution in [1.29, 1.82) is 0 Å². The average molecular weight is 552 g/mol. The molecular weight excluding hydrogens is 514 g/mol. The summed E-state index contributed by atoms with van der Waals surface area (Å²) in [6, 6.07) is 19.1. The van der Waals surface area contributed by atoms with Gasteiger partial charge in [-0.1, -0.05) is 24.8 Å². The molecule has 0 saturated carbocycles. The number of para-hydroxylation sites is 1. The van der Waals surface area contributed by atoms with Crippen LogP contribution in [-0.4, -0.2) is 81.5 Å². The first-order chi connectivity index (χ1) is 20.0. The molecule has 2 fully saturated rings. The number of rotatable bonds is 8. The number of carbonyl (C=O) groups is 1. The summed E-state index contributed by atoms with van der Waals surface area (Å²) in [7, 11) is 4.33. The largest absolute Gasteiger partial charge is 0.371 e. The quantitative estimate of drug-likeness (QED) is 0.302. The normalized spacial score (nSPS) is 17.8. The molecule has 2 saturated heterocycles. The number of piperidine rings is 1. The highest BCUT2D eigenvalue weighted by Gasteiger charge is 2.30. The fourth-order valence-corrected chi connectivity index (χ4v) is 5.84. The highest BCUT2D eigenvalue weighted by Crippen LogP contribution is 2.32. The van der Waals surface area contributed by atoms with Gasteiger partial charge in [-0.3, -0.25) is 9.36 Å². The maximum Gasteiger partial charge on any atom is 0.246 e. The number of imidazole rings is 1. The van der Waals surface area contributed by atoms with E-state index in [2.05, 4.69) is 74.9 Å². The summed E-state index contributed by atoms with van der Waals surface area (Å²) in [4.78, 5) is 33.2. The summed E-state index contributed by atoms with van der Waals surface area (Å²) >= 11 is 0.